The maximum Gasteiger partial charge on any atom is 0.259 e. The molecule has 5 heteroatoms. The van der Waals surface area contributed by atoms with Crippen molar-refractivity contribution in [3.63, 3.8) is 0 Å². The minimum absolute atomic E-state index is 0.154. The van der Waals surface area contributed by atoms with Gasteiger partial charge in [-0.15, -0.1) is 0 Å². The molecule has 0 bridgehead atoms. The molecule has 3 heterocycles. The van der Waals surface area contributed by atoms with Gasteiger partial charge in [0.15, 0.2) is 0 Å². The normalized spacial score (nSPS) is 20.6. The van der Waals surface area contributed by atoms with Crippen LogP contribution in [0, 0.1) is 0 Å². The van der Waals surface area contributed by atoms with E-state index in [1.807, 2.05) is 12.1 Å². The molecule has 1 aromatic carbocycles. The van der Waals surface area contributed by atoms with Gasteiger partial charge in [0, 0.05) is 30.7 Å². The first kappa shape index (κ1) is 13.5. The van der Waals surface area contributed by atoms with E-state index in [9.17, 15) is 9.59 Å². The molecule has 1 saturated heterocycles. The number of ether oxygens (including phenoxy) is 1. The molecule has 0 N–H and O–H groups in total. The van der Waals surface area contributed by atoms with Crippen LogP contribution in [-0.4, -0.2) is 41.7 Å². The summed E-state index contributed by atoms with van der Waals surface area (Å²) < 4.78 is 7.36. The minimum Gasteiger partial charge on any atom is -0.378 e. The van der Waals surface area contributed by atoms with E-state index in [1.165, 1.54) is 5.56 Å². The van der Waals surface area contributed by atoms with Gasteiger partial charge >= 0.3 is 0 Å². The fraction of sp³-hybridized carbons (Fsp3) is 0.412. The lowest BCUT2D eigenvalue weighted by Crippen LogP contribution is -2.42. The summed E-state index contributed by atoms with van der Waals surface area (Å²) in [6.45, 7) is 4.28. The monoisotopic (exact) mass is 298 g/mol. The van der Waals surface area contributed by atoms with Gasteiger partial charge in [-0.2, -0.15) is 0 Å². The maximum atomic E-state index is 12.8. The van der Waals surface area contributed by atoms with Crippen LogP contribution in [0.15, 0.2) is 29.2 Å². The van der Waals surface area contributed by atoms with E-state index >= 15 is 0 Å². The molecule has 2 aromatic rings. The Morgan fingerprint density at radius 2 is 2.05 bits per heavy atom. The SMILES string of the molecule is C[C@H]1Cc2cccc3c(=O)c(C(=O)N4CCOCC4)cn1c23. The van der Waals surface area contributed by atoms with Crippen molar-refractivity contribution < 1.29 is 9.53 Å². The van der Waals surface area contributed by atoms with Crippen molar-refractivity contribution in [2.45, 2.75) is 19.4 Å². The number of para-hydroxylation sites is 1. The number of amides is 1. The Morgan fingerprint density at radius 3 is 2.82 bits per heavy atom. The van der Waals surface area contributed by atoms with Crippen molar-refractivity contribution in [2.24, 2.45) is 0 Å². The maximum absolute atomic E-state index is 12.8. The van der Waals surface area contributed by atoms with E-state index in [2.05, 4.69) is 17.6 Å². The lowest BCUT2D eigenvalue weighted by Gasteiger charge is -2.27. The predicted molar refractivity (Wildman–Crippen MR) is 83.3 cm³/mol. The Hall–Kier alpha value is -2.14. The van der Waals surface area contributed by atoms with E-state index in [4.69, 9.17) is 4.74 Å². The zero-order valence-corrected chi connectivity index (χ0v) is 12.5. The number of nitrogens with zero attached hydrogens (tertiary/aromatic N) is 2. The molecule has 0 aliphatic carbocycles. The molecule has 114 valence electrons. The van der Waals surface area contributed by atoms with Crippen LogP contribution >= 0.6 is 0 Å². The van der Waals surface area contributed by atoms with Crippen LogP contribution in [0.4, 0.5) is 0 Å². The second-order valence-corrected chi connectivity index (χ2v) is 6.05. The molecule has 2 aliphatic heterocycles. The fourth-order valence-corrected chi connectivity index (χ4v) is 3.50. The molecule has 1 atom stereocenters. The summed E-state index contributed by atoms with van der Waals surface area (Å²) in [4.78, 5) is 27.2. The third-order valence-electron chi connectivity index (χ3n) is 4.65. The van der Waals surface area contributed by atoms with Crippen LogP contribution < -0.4 is 5.43 Å². The Balaban J connectivity index is 1.88. The van der Waals surface area contributed by atoms with Gasteiger partial charge in [-0.25, -0.2) is 0 Å². The molecule has 1 fully saturated rings. The van der Waals surface area contributed by atoms with E-state index < -0.39 is 0 Å². The lowest BCUT2D eigenvalue weighted by molar-refractivity contribution is 0.0301. The summed E-state index contributed by atoms with van der Waals surface area (Å²) in [6, 6.07) is 6.07. The van der Waals surface area contributed by atoms with Crippen LogP contribution in [0.2, 0.25) is 0 Å². The van der Waals surface area contributed by atoms with Crippen molar-refractivity contribution >= 4 is 16.8 Å². The van der Waals surface area contributed by atoms with Crippen molar-refractivity contribution in [1.29, 1.82) is 0 Å². The average Bonchev–Trinajstić information content (AvgIpc) is 2.87. The average molecular weight is 298 g/mol. The Kier molecular flexibility index (Phi) is 3.04. The van der Waals surface area contributed by atoms with Gasteiger partial charge in [0.25, 0.3) is 5.91 Å². The highest BCUT2D eigenvalue weighted by atomic mass is 16.5. The number of benzene rings is 1. The molecule has 22 heavy (non-hydrogen) atoms. The van der Waals surface area contributed by atoms with Gasteiger partial charge in [0.1, 0.15) is 5.56 Å². The van der Waals surface area contributed by atoms with Crippen LogP contribution in [0.3, 0.4) is 0 Å². The predicted octanol–water partition coefficient (Wildman–Crippen LogP) is 1.59. The van der Waals surface area contributed by atoms with Crippen molar-refractivity contribution in [1.82, 2.24) is 9.47 Å². The van der Waals surface area contributed by atoms with E-state index in [-0.39, 0.29) is 22.9 Å². The number of aromatic nitrogens is 1. The molecular weight excluding hydrogens is 280 g/mol. The van der Waals surface area contributed by atoms with E-state index in [0.29, 0.717) is 31.7 Å². The number of hydrogen-bond acceptors (Lipinski definition) is 3. The smallest absolute Gasteiger partial charge is 0.259 e. The standard InChI is InChI=1S/C17H18N2O3/c1-11-9-12-3-2-4-13-15(12)19(11)10-14(16(13)20)17(21)18-5-7-22-8-6-18/h2-4,10-11H,5-9H2,1H3/t11-/m0/s1. The third kappa shape index (κ3) is 1.89. The molecule has 0 unspecified atom stereocenters. The zero-order chi connectivity index (χ0) is 15.3. The van der Waals surface area contributed by atoms with Gasteiger partial charge in [0.05, 0.1) is 18.7 Å². The van der Waals surface area contributed by atoms with Gasteiger partial charge in [-0.05, 0) is 25.0 Å². The molecule has 0 radical (unpaired) electrons. The summed E-state index contributed by atoms with van der Waals surface area (Å²) in [5, 5.41) is 0.654. The number of carbonyl (C=O) groups is 1. The molecule has 4 rings (SSSR count). The number of hydrogen-bond donors (Lipinski definition) is 0. The Labute approximate surface area is 128 Å². The number of pyridine rings is 1. The zero-order valence-electron chi connectivity index (χ0n) is 12.5. The topological polar surface area (TPSA) is 51.5 Å². The van der Waals surface area contributed by atoms with Crippen LogP contribution in [0.5, 0.6) is 0 Å². The second kappa shape index (κ2) is 4.95. The molecule has 0 spiro atoms. The third-order valence-corrected chi connectivity index (χ3v) is 4.65. The first-order valence-corrected chi connectivity index (χ1v) is 7.70. The van der Waals surface area contributed by atoms with Gasteiger partial charge in [-0.1, -0.05) is 12.1 Å². The molecule has 2 aliphatic rings. The number of morpholine rings is 1. The largest absolute Gasteiger partial charge is 0.378 e. The first-order valence-electron chi connectivity index (χ1n) is 7.70. The van der Waals surface area contributed by atoms with E-state index in [0.717, 1.165) is 11.9 Å². The van der Waals surface area contributed by atoms with Gasteiger partial charge in [0.2, 0.25) is 5.43 Å². The van der Waals surface area contributed by atoms with Crippen molar-refractivity contribution in [3.05, 3.63) is 45.7 Å². The second-order valence-electron chi connectivity index (χ2n) is 6.05. The Bertz CT molecular complexity index is 818. The van der Waals surface area contributed by atoms with E-state index in [1.54, 1.807) is 11.1 Å². The quantitative estimate of drug-likeness (QED) is 0.803. The highest BCUT2D eigenvalue weighted by Crippen LogP contribution is 2.31. The number of carbonyl (C=O) groups excluding carboxylic acids is 1. The summed E-state index contributed by atoms with van der Waals surface area (Å²) >= 11 is 0. The molecule has 1 aromatic heterocycles. The van der Waals surface area contributed by atoms with Crippen LogP contribution in [0.25, 0.3) is 10.9 Å². The van der Waals surface area contributed by atoms with Crippen molar-refractivity contribution in [2.75, 3.05) is 26.3 Å². The lowest BCUT2D eigenvalue weighted by atomic mass is 10.1. The summed E-state index contributed by atoms with van der Waals surface area (Å²) in [6.07, 6.45) is 2.66. The molecular formula is C17H18N2O3. The van der Waals surface area contributed by atoms with Gasteiger partial charge < -0.3 is 14.2 Å². The first-order chi connectivity index (χ1) is 10.7. The molecule has 1 amide bonds. The van der Waals surface area contributed by atoms with Crippen LogP contribution in [-0.2, 0) is 11.2 Å². The number of rotatable bonds is 1. The highest BCUT2D eigenvalue weighted by Gasteiger charge is 2.27. The summed E-state index contributed by atoms with van der Waals surface area (Å²) in [5.74, 6) is -0.177. The van der Waals surface area contributed by atoms with Crippen LogP contribution in [0.1, 0.15) is 28.9 Å². The summed E-state index contributed by atoms with van der Waals surface area (Å²) in [5.41, 5.74) is 2.30. The highest BCUT2D eigenvalue weighted by molar-refractivity contribution is 5.98. The molecule has 5 nitrogen and oxygen atoms in total. The Morgan fingerprint density at radius 1 is 1.27 bits per heavy atom. The molecule has 0 saturated carbocycles. The minimum atomic E-state index is -0.177. The summed E-state index contributed by atoms with van der Waals surface area (Å²) in [7, 11) is 0. The fourth-order valence-electron chi connectivity index (χ4n) is 3.50. The van der Waals surface area contributed by atoms with Crippen molar-refractivity contribution in [3.8, 4) is 0 Å². The van der Waals surface area contributed by atoms with Gasteiger partial charge in [-0.3, -0.25) is 9.59 Å².